The van der Waals surface area contributed by atoms with Crippen LogP contribution in [0.1, 0.15) is 62.5 Å². The van der Waals surface area contributed by atoms with Crippen molar-refractivity contribution < 1.29 is 19.7 Å². The van der Waals surface area contributed by atoms with Crippen molar-refractivity contribution in [2.24, 2.45) is 0 Å². The van der Waals surface area contributed by atoms with Gasteiger partial charge in [0, 0.05) is 22.2 Å². The molecule has 3 fully saturated rings. The Bertz CT molecular complexity index is 1560. The van der Waals surface area contributed by atoms with Gasteiger partial charge in [-0.3, -0.25) is 9.80 Å². The summed E-state index contributed by atoms with van der Waals surface area (Å²) in [5.74, 6) is 1.96. The van der Waals surface area contributed by atoms with Gasteiger partial charge in [-0.1, -0.05) is 12.5 Å². The molecule has 2 saturated heterocycles. The third-order valence-electron chi connectivity index (χ3n) is 9.73. The average Bonchev–Trinajstić information content (AvgIpc) is 3.82. The molecule has 7 rings (SSSR count). The fraction of sp³-hybridized carbons (Fsp3) is 0.459. The number of likely N-dealkylation sites (tertiary alicyclic amines) is 2. The summed E-state index contributed by atoms with van der Waals surface area (Å²) in [6, 6.07) is 20.4. The van der Waals surface area contributed by atoms with Gasteiger partial charge in [0.05, 0.1) is 0 Å². The van der Waals surface area contributed by atoms with Crippen molar-refractivity contribution in [2.45, 2.75) is 69.9 Å². The van der Waals surface area contributed by atoms with Crippen molar-refractivity contribution in [1.29, 1.82) is 0 Å². The Labute approximate surface area is 264 Å². The molecular weight excluding hydrogens is 568 g/mol. The van der Waals surface area contributed by atoms with Crippen LogP contribution < -0.4 is 9.47 Å². The number of nitrogens with zero attached hydrogens (tertiary/aromatic N) is 2. The third-order valence-corrected chi connectivity index (χ3v) is 11.0. The van der Waals surface area contributed by atoms with Gasteiger partial charge in [-0.05, 0) is 154 Å². The number of fused-ring (bicyclic) bond motifs is 1. The highest BCUT2D eigenvalue weighted by atomic mass is 32.1. The van der Waals surface area contributed by atoms with Gasteiger partial charge >= 0.3 is 0 Å². The maximum absolute atomic E-state index is 11.1. The summed E-state index contributed by atoms with van der Waals surface area (Å²) < 4.78 is 13.6. The smallest absolute Gasteiger partial charge is 0.161 e. The molecule has 3 aromatic carbocycles. The molecular formula is C37H44N2O4S. The van der Waals surface area contributed by atoms with Gasteiger partial charge in [0.15, 0.2) is 11.5 Å². The minimum atomic E-state index is 0.130. The molecule has 1 saturated carbocycles. The normalized spacial score (nSPS) is 21.3. The SMILES string of the molecule is Oc1ccc2c(Cc3ccc(O[C@H]4CCCCC4N4CCCC4)c(O)c3)c(-c3ccc(OCCN4CCCC4)cc3)sc2c1. The fourth-order valence-corrected chi connectivity index (χ4v) is 8.65. The zero-order valence-electron chi connectivity index (χ0n) is 25.5. The number of benzene rings is 3. The molecule has 0 amide bonds. The minimum Gasteiger partial charge on any atom is -0.508 e. The molecule has 1 unspecified atom stereocenters. The minimum absolute atomic E-state index is 0.130. The van der Waals surface area contributed by atoms with Gasteiger partial charge in [-0.15, -0.1) is 11.3 Å². The summed E-state index contributed by atoms with van der Waals surface area (Å²) in [5, 5.41) is 22.5. The van der Waals surface area contributed by atoms with Gasteiger partial charge in [0.1, 0.15) is 24.2 Å². The topological polar surface area (TPSA) is 65.4 Å². The molecule has 7 heteroatoms. The van der Waals surface area contributed by atoms with Gasteiger partial charge < -0.3 is 19.7 Å². The first-order valence-electron chi connectivity index (χ1n) is 16.5. The van der Waals surface area contributed by atoms with E-state index in [1.165, 1.54) is 81.6 Å². The van der Waals surface area contributed by atoms with Crippen molar-refractivity contribution >= 4 is 21.4 Å². The molecule has 2 N–H and O–H groups in total. The monoisotopic (exact) mass is 612 g/mol. The van der Waals surface area contributed by atoms with Crippen molar-refractivity contribution in [3.05, 3.63) is 71.8 Å². The van der Waals surface area contributed by atoms with Crippen molar-refractivity contribution in [2.75, 3.05) is 39.3 Å². The van der Waals surface area contributed by atoms with Crippen molar-refractivity contribution in [3.8, 4) is 33.4 Å². The first-order chi connectivity index (χ1) is 21.6. The van der Waals surface area contributed by atoms with Crippen LogP contribution in [0.4, 0.5) is 0 Å². The van der Waals surface area contributed by atoms with Crippen LogP contribution >= 0.6 is 11.3 Å². The van der Waals surface area contributed by atoms with Crippen LogP contribution in [-0.4, -0.2) is 71.5 Å². The number of aromatic hydroxyl groups is 2. The molecule has 44 heavy (non-hydrogen) atoms. The van der Waals surface area contributed by atoms with Crippen LogP contribution in [0.25, 0.3) is 20.5 Å². The van der Waals surface area contributed by atoms with E-state index < -0.39 is 0 Å². The van der Waals surface area contributed by atoms with E-state index in [-0.39, 0.29) is 17.6 Å². The highest BCUT2D eigenvalue weighted by Crippen LogP contribution is 2.42. The van der Waals surface area contributed by atoms with E-state index in [1.807, 2.05) is 24.3 Å². The zero-order chi connectivity index (χ0) is 29.9. The highest BCUT2D eigenvalue weighted by molar-refractivity contribution is 7.22. The molecule has 0 radical (unpaired) electrons. The van der Waals surface area contributed by atoms with Crippen molar-refractivity contribution in [1.82, 2.24) is 9.80 Å². The molecule has 1 aliphatic carbocycles. The van der Waals surface area contributed by atoms with Gasteiger partial charge in [-0.25, -0.2) is 0 Å². The van der Waals surface area contributed by atoms with Crippen LogP contribution in [0.5, 0.6) is 23.0 Å². The largest absolute Gasteiger partial charge is 0.508 e. The number of hydrogen-bond donors (Lipinski definition) is 2. The van der Waals surface area contributed by atoms with E-state index in [2.05, 4.69) is 40.1 Å². The molecule has 3 aliphatic rings. The Morgan fingerprint density at radius 3 is 2.36 bits per heavy atom. The van der Waals surface area contributed by atoms with Crippen LogP contribution in [0.3, 0.4) is 0 Å². The lowest BCUT2D eigenvalue weighted by molar-refractivity contribution is 0.0468. The molecule has 2 atom stereocenters. The molecule has 0 spiro atoms. The number of rotatable bonds is 10. The second-order valence-corrected chi connectivity index (χ2v) is 13.8. The van der Waals surface area contributed by atoms with Crippen LogP contribution in [0.2, 0.25) is 0 Å². The summed E-state index contributed by atoms with van der Waals surface area (Å²) in [6.45, 7) is 6.37. The van der Waals surface area contributed by atoms with Crippen LogP contribution in [0.15, 0.2) is 60.7 Å². The summed E-state index contributed by atoms with van der Waals surface area (Å²) in [5.41, 5.74) is 3.36. The lowest BCUT2D eigenvalue weighted by atomic mass is 9.91. The lowest BCUT2D eigenvalue weighted by Crippen LogP contribution is -2.46. The van der Waals surface area contributed by atoms with Crippen LogP contribution in [-0.2, 0) is 6.42 Å². The number of ether oxygens (including phenoxy) is 2. The Hall–Kier alpha value is -3.26. The first-order valence-corrected chi connectivity index (χ1v) is 17.3. The lowest BCUT2D eigenvalue weighted by Gasteiger charge is -2.37. The van der Waals surface area contributed by atoms with E-state index in [1.54, 1.807) is 17.4 Å². The predicted molar refractivity (Wildman–Crippen MR) is 178 cm³/mol. The molecule has 3 heterocycles. The summed E-state index contributed by atoms with van der Waals surface area (Å²) in [7, 11) is 0. The molecule has 1 aromatic heterocycles. The quantitative estimate of drug-likeness (QED) is 0.190. The Balaban J connectivity index is 1.09. The first kappa shape index (κ1) is 29.5. The van der Waals surface area contributed by atoms with Gasteiger partial charge in [-0.2, -0.15) is 0 Å². The zero-order valence-corrected chi connectivity index (χ0v) is 26.4. The molecule has 0 bridgehead atoms. The van der Waals surface area contributed by atoms with Gasteiger partial charge in [0.25, 0.3) is 0 Å². The summed E-state index contributed by atoms with van der Waals surface area (Å²) in [4.78, 5) is 6.24. The number of thiophene rings is 1. The summed E-state index contributed by atoms with van der Waals surface area (Å²) in [6.07, 6.45) is 10.6. The average molecular weight is 613 g/mol. The van der Waals surface area contributed by atoms with E-state index in [9.17, 15) is 10.2 Å². The van der Waals surface area contributed by atoms with E-state index in [0.29, 0.717) is 24.8 Å². The number of phenolic OH excluding ortho intramolecular Hbond substituents is 2. The van der Waals surface area contributed by atoms with E-state index >= 15 is 0 Å². The molecule has 6 nitrogen and oxygen atoms in total. The van der Waals surface area contributed by atoms with E-state index in [0.717, 1.165) is 39.9 Å². The summed E-state index contributed by atoms with van der Waals surface area (Å²) >= 11 is 1.69. The standard InChI is InChI=1S/C37H44N2O4S/c40-28-12-15-30-31(37(44-36(30)25-28)27-10-13-29(14-11-27)42-22-21-38-17-3-4-18-38)23-26-9-16-35(33(41)24-26)43-34-8-2-1-7-32(34)39-19-5-6-20-39/h9-16,24-25,32,34,40-41H,1-8,17-23H2/t32?,34-/m0/s1. The number of hydrogen-bond acceptors (Lipinski definition) is 7. The van der Waals surface area contributed by atoms with Crippen LogP contribution in [0, 0.1) is 0 Å². The Kier molecular flexibility index (Phi) is 8.96. The second kappa shape index (κ2) is 13.4. The van der Waals surface area contributed by atoms with Crippen molar-refractivity contribution in [3.63, 3.8) is 0 Å². The predicted octanol–water partition coefficient (Wildman–Crippen LogP) is 7.83. The molecule has 232 valence electrons. The highest BCUT2D eigenvalue weighted by Gasteiger charge is 2.33. The van der Waals surface area contributed by atoms with Gasteiger partial charge in [0.2, 0.25) is 0 Å². The molecule has 2 aliphatic heterocycles. The Morgan fingerprint density at radius 1 is 0.795 bits per heavy atom. The maximum Gasteiger partial charge on any atom is 0.161 e. The second-order valence-electron chi connectivity index (χ2n) is 12.7. The maximum atomic E-state index is 11.1. The number of phenols is 2. The molecule has 4 aromatic rings. The fourth-order valence-electron chi connectivity index (χ4n) is 7.39. The third kappa shape index (κ3) is 6.56. The Morgan fingerprint density at radius 2 is 1.57 bits per heavy atom. The van der Waals surface area contributed by atoms with E-state index in [4.69, 9.17) is 9.47 Å².